The summed E-state index contributed by atoms with van der Waals surface area (Å²) < 4.78 is 53.8. The number of methoxy groups -OCH3 is 1. The molecule has 18 heavy (non-hydrogen) atoms. The van der Waals surface area contributed by atoms with Gasteiger partial charge in [0.15, 0.2) is 0 Å². The number of nitrogens with two attached hydrogens (primary N) is 1. The van der Waals surface area contributed by atoms with Gasteiger partial charge < -0.3 is 10.5 Å². The van der Waals surface area contributed by atoms with E-state index in [1.807, 2.05) is 0 Å². The molecule has 2 nitrogen and oxygen atoms in total. The second-order valence-corrected chi connectivity index (χ2v) is 4.73. The van der Waals surface area contributed by atoms with Crippen LogP contribution >= 0.6 is 11.8 Å². The Balaban J connectivity index is 2.81. The second-order valence-electron chi connectivity index (χ2n) is 3.59. The van der Waals surface area contributed by atoms with Gasteiger partial charge in [0.2, 0.25) is 0 Å². The minimum atomic E-state index is -4.32. The molecule has 7 heteroatoms. The Morgan fingerprint density at radius 2 is 1.83 bits per heavy atom. The van der Waals surface area contributed by atoms with Crippen LogP contribution in [0.1, 0.15) is 11.7 Å². The predicted molar refractivity (Wildman–Crippen MR) is 62.1 cm³/mol. The number of hydrogen-bond acceptors (Lipinski definition) is 3. The van der Waals surface area contributed by atoms with Crippen molar-refractivity contribution in [2.24, 2.45) is 5.73 Å². The molecule has 0 spiro atoms. The van der Waals surface area contributed by atoms with Gasteiger partial charge in [-0.05, 0) is 29.5 Å². The Morgan fingerprint density at radius 1 is 1.28 bits per heavy atom. The van der Waals surface area contributed by atoms with E-state index in [-0.39, 0.29) is 16.7 Å². The highest BCUT2D eigenvalue weighted by Crippen LogP contribution is 2.37. The molecule has 0 bridgehead atoms. The number of thioether (sulfide) groups is 1. The SMILES string of the molecule is COC(c1ccc(SC(F)(F)F)cc1)C(N)CF. The molecule has 2 N–H and O–H groups in total. The first-order chi connectivity index (χ1) is 8.37. The summed E-state index contributed by atoms with van der Waals surface area (Å²) >= 11 is -0.203. The number of alkyl halides is 4. The zero-order valence-corrected chi connectivity index (χ0v) is 10.4. The summed E-state index contributed by atoms with van der Waals surface area (Å²) in [6, 6.07) is 4.70. The number of benzene rings is 1. The first kappa shape index (κ1) is 15.3. The lowest BCUT2D eigenvalue weighted by Gasteiger charge is -2.20. The van der Waals surface area contributed by atoms with Crippen LogP contribution in [0.15, 0.2) is 29.2 Å². The molecular weight excluding hydrogens is 270 g/mol. The summed E-state index contributed by atoms with van der Waals surface area (Å²) in [5, 5.41) is 0. The number of rotatable bonds is 5. The third kappa shape index (κ3) is 4.47. The van der Waals surface area contributed by atoms with E-state index < -0.39 is 24.3 Å². The first-order valence-corrected chi connectivity index (χ1v) is 5.89. The van der Waals surface area contributed by atoms with E-state index in [1.54, 1.807) is 0 Å². The van der Waals surface area contributed by atoms with Gasteiger partial charge >= 0.3 is 5.51 Å². The van der Waals surface area contributed by atoms with Gasteiger partial charge in [0.25, 0.3) is 0 Å². The van der Waals surface area contributed by atoms with E-state index in [4.69, 9.17) is 10.5 Å². The van der Waals surface area contributed by atoms with E-state index in [1.165, 1.54) is 31.4 Å². The third-order valence-electron chi connectivity index (χ3n) is 2.26. The highest BCUT2D eigenvalue weighted by atomic mass is 32.2. The smallest absolute Gasteiger partial charge is 0.375 e. The molecular formula is C11H13F4NOS. The molecule has 1 aromatic rings. The summed E-state index contributed by atoms with van der Waals surface area (Å²) in [5.41, 5.74) is 1.74. The Bertz CT molecular complexity index is 368. The average molecular weight is 283 g/mol. The normalized spacial score (nSPS) is 15.4. The fourth-order valence-electron chi connectivity index (χ4n) is 1.50. The molecule has 1 aromatic carbocycles. The molecule has 102 valence electrons. The average Bonchev–Trinajstić information content (AvgIpc) is 2.30. The maximum absolute atomic E-state index is 12.5. The Labute approximate surface area is 106 Å². The Morgan fingerprint density at radius 3 is 2.22 bits per heavy atom. The Hall–Kier alpha value is -0.790. The summed E-state index contributed by atoms with van der Waals surface area (Å²) in [6.45, 7) is -0.766. The van der Waals surface area contributed by atoms with E-state index in [2.05, 4.69) is 0 Å². The maximum Gasteiger partial charge on any atom is 0.446 e. The van der Waals surface area contributed by atoms with E-state index in [9.17, 15) is 17.6 Å². The van der Waals surface area contributed by atoms with Gasteiger partial charge in [-0.15, -0.1) is 0 Å². The van der Waals surface area contributed by atoms with Gasteiger partial charge in [-0.1, -0.05) is 12.1 Å². The van der Waals surface area contributed by atoms with Crippen LogP contribution in [0.3, 0.4) is 0 Å². The number of hydrogen-bond donors (Lipinski definition) is 1. The minimum absolute atomic E-state index is 0.0647. The summed E-state index contributed by atoms with van der Waals surface area (Å²) in [6.07, 6.45) is -0.667. The topological polar surface area (TPSA) is 35.2 Å². The van der Waals surface area contributed by atoms with Crippen LogP contribution in [0.25, 0.3) is 0 Å². The zero-order chi connectivity index (χ0) is 13.8. The molecule has 0 radical (unpaired) electrons. The van der Waals surface area contributed by atoms with Crippen LogP contribution in [-0.2, 0) is 4.74 Å². The molecule has 0 aromatic heterocycles. The maximum atomic E-state index is 12.5. The molecule has 0 saturated carbocycles. The molecule has 0 aliphatic rings. The highest BCUT2D eigenvalue weighted by molar-refractivity contribution is 8.00. The summed E-state index contributed by atoms with van der Waals surface area (Å²) in [7, 11) is 1.37. The van der Waals surface area contributed by atoms with Crippen LogP contribution in [0.2, 0.25) is 0 Å². The van der Waals surface area contributed by atoms with Gasteiger partial charge in [0.1, 0.15) is 6.67 Å². The Kier molecular flexibility index (Phi) is 5.43. The van der Waals surface area contributed by atoms with Crippen molar-refractivity contribution in [3.63, 3.8) is 0 Å². The molecule has 2 atom stereocenters. The van der Waals surface area contributed by atoms with Crippen molar-refractivity contribution in [2.45, 2.75) is 22.5 Å². The van der Waals surface area contributed by atoms with Crippen LogP contribution < -0.4 is 5.73 Å². The lowest BCUT2D eigenvalue weighted by molar-refractivity contribution is -0.0328. The van der Waals surface area contributed by atoms with Crippen molar-refractivity contribution >= 4 is 11.8 Å². The van der Waals surface area contributed by atoms with Crippen LogP contribution in [0.4, 0.5) is 17.6 Å². The molecule has 0 saturated heterocycles. The molecule has 0 amide bonds. The van der Waals surface area contributed by atoms with E-state index in [0.29, 0.717) is 5.56 Å². The van der Waals surface area contributed by atoms with Crippen molar-refractivity contribution < 1.29 is 22.3 Å². The van der Waals surface area contributed by atoms with Crippen molar-refractivity contribution in [1.29, 1.82) is 0 Å². The van der Waals surface area contributed by atoms with E-state index in [0.717, 1.165) is 0 Å². The highest BCUT2D eigenvalue weighted by Gasteiger charge is 2.29. The molecule has 0 heterocycles. The first-order valence-electron chi connectivity index (χ1n) is 5.07. The summed E-state index contributed by atoms with van der Waals surface area (Å²) in [5.74, 6) is 0. The monoisotopic (exact) mass is 283 g/mol. The van der Waals surface area contributed by atoms with Crippen molar-refractivity contribution in [3.05, 3.63) is 29.8 Å². The third-order valence-corrected chi connectivity index (χ3v) is 3.00. The fourth-order valence-corrected chi connectivity index (χ4v) is 2.04. The van der Waals surface area contributed by atoms with E-state index >= 15 is 0 Å². The van der Waals surface area contributed by atoms with Crippen molar-refractivity contribution in [1.82, 2.24) is 0 Å². The standard InChI is InChI=1S/C11H13F4NOS/c1-17-10(9(16)6-12)7-2-4-8(5-3-7)18-11(13,14)15/h2-5,9-10H,6,16H2,1H3. The minimum Gasteiger partial charge on any atom is -0.375 e. The quantitative estimate of drug-likeness (QED) is 0.665. The molecule has 1 rings (SSSR count). The number of halogens is 4. The van der Waals surface area contributed by atoms with Crippen molar-refractivity contribution in [3.8, 4) is 0 Å². The van der Waals surface area contributed by atoms with Gasteiger partial charge in [0, 0.05) is 12.0 Å². The molecule has 0 aliphatic heterocycles. The summed E-state index contributed by atoms with van der Waals surface area (Å²) in [4.78, 5) is 0.0647. The molecule has 0 aliphatic carbocycles. The van der Waals surface area contributed by atoms with Crippen LogP contribution in [-0.4, -0.2) is 25.3 Å². The molecule has 2 unspecified atom stereocenters. The van der Waals surface area contributed by atoms with Gasteiger partial charge in [-0.25, -0.2) is 4.39 Å². The largest absolute Gasteiger partial charge is 0.446 e. The predicted octanol–water partition coefficient (Wildman–Crippen LogP) is 3.28. The molecule has 0 fully saturated rings. The van der Waals surface area contributed by atoms with Gasteiger partial charge in [-0.3, -0.25) is 0 Å². The van der Waals surface area contributed by atoms with Crippen LogP contribution in [0.5, 0.6) is 0 Å². The van der Waals surface area contributed by atoms with Crippen LogP contribution in [0, 0.1) is 0 Å². The van der Waals surface area contributed by atoms with Gasteiger partial charge in [0.05, 0.1) is 12.1 Å². The van der Waals surface area contributed by atoms with Gasteiger partial charge in [-0.2, -0.15) is 13.2 Å². The number of ether oxygens (including phenoxy) is 1. The lowest BCUT2D eigenvalue weighted by atomic mass is 10.0. The zero-order valence-electron chi connectivity index (χ0n) is 9.58. The van der Waals surface area contributed by atoms with Crippen molar-refractivity contribution in [2.75, 3.05) is 13.8 Å². The fraction of sp³-hybridized carbons (Fsp3) is 0.455. The second kappa shape index (κ2) is 6.40. The lowest BCUT2D eigenvalue weighted by Crippen LogP contribution is -2.31.